The van der Waals surface area contributed by atoms with Gasteiger partial charge in [-0.3, -0.25) is 4.79 Å². The molecule has 2 aromatic rings. The molecule has 2 heterocycles. The molecular weight excluding hydrogens is 230 g/mol. The molecule has 1 saturated heterocycles. The van der Waals surface area contributed by atoms with Crippen LogP contribution in [-0.2, 0) is 0 Å². The van der Waals surface area contributed by atoms with Crippen LogP contribution in [0.5, 0.6) is 0 Å². The van der Waals surface area contributed by atoms with Gasteiger partial charge in [0.15, 0.2) is 0 Å². The standard InChI is InChI=1S/C12H13N5O/c18-12(16-8-4-5-9-16)11-13-15-17(14-11)10-6-2-1-3-7-10/h1-3,6-7H,4-5,8-9H2. The van der Waals surface area contributed by atoms with Crippen LogP contribution in [0.4, 0.5) is 0 Å². The molecule has 0 radical (unpaired) electrons. The van der Waals surface area contributed by atoms with E-state index in [-0.39, 0.29) is 11.7 Å². The first kappa shape index (κ1) is 10.9. The van der Waals surface area contributed by atoms with E-state index in [1.165, 1.54) is 4.80 Å². The molecule has 1 aliphatic rings. The van der Waals surface area contributed by atoms with Crippen LogP contribution >= 0.6 is 0 Å². The van der Waals surface area contributed by atoms with E-state index in [0.29, 0.717) is 0 Å². The number of nitrogens with zero attached hydrogens (tertiary/aromatic N) is 5. The zero-order chi connectivity index (χ0) is 12.4. The molecule has 92 valence electrons. The van der Waals surface area contributed by atoms with Gasteiger partial charge in [0.2, 0.25) is 0 Å². The maximum Gasteiger partial charge on any atom is 0.295 e. The first-order valence-electron chi connectivity index (χ1n) is 5.99. The third-order valence-corrected chi connectivity index (χ3v) is 2.99. The molecule has 6 heteroatoms. The van der Waals surface area contributed by atoms with Gasteiger partial charge < -0.3 is 4.90 Å². The highest BCUT2D eigenvalue weighted by Crippen LogP contribution is 2.10. The number of carbonyl (C=O) groups excluding carboxylic acids is 1. The molecular formula is C12H13N5O. The molecule has 1 fully saturated rings. The number of hydrogen-bond donors (Lipinski definition) is 0. The van der Waals surface area contributed by atoms with Gasteiger partial charge >= 0.3 is 0 Å². The number of amides is 1. The van der Waals surface area contributed by atoms with Gasteiger partial charge in [-0.05, 0) is 30.2 Å². The summed E-state index contributed by atoms with van der Waals surface area (Å²) >= 11 is 0. The third-order valence-electron chi connectivity index (χ3n) is 2.99. The van der Waals surface area contributed by atoms with Crippen LogP contribution < -0.4 is 0 Å². The minimum Gasteiger partial charge on any atom is -0.336 e. The number of hydrogen-bond acceptors (Lipinski definition) is 4. The van der Waals surface area contributed by atoms with Crippen LogP contribution in [0.1, 0.15) is 23.5 Å². The number of tetrazole rings is 1. The van der Waals surface area contributed by atoms with Crippen molar-refractivity contribution in [1.82, 2.24) is 25.1 Å². The van der Waals surface area contributed by atoms with Gasteiger partial charge in [0.1, 0.15) is 0 Å². The fraction of sp³-hybridized carbons (Fsp3) is 0.333. The average Bonchev–Trinajstić information content (AvgIpc) is 3.10. The molecule has 1 amide bonds. The van der Waals surface area contributed by atoms with Crippen molar-refractivity contribution in [2.45, 2.75) is 12.8 Å². The van der Waals surface area contributed by atoms with E-state index in [2.05, 4.69) is 15.4 Å². The Labute approximate surface area is 104 Å². The second-order valence-electron chi connectivity index (χ2n) is 4.24. The SMILES string of the molecule is O=C(c1nnn(-c2ccccc2)n1)N1CCCC1. The summed E-state index contributed by atoms with van der Waals surface area (Å²) in [5, 5.41) is 11.9. The van der Waals surface area contributed by atoms with Gasteiger partial charge in [-0.1, -0.05) is 18.2 Å². The second kappa shape index (κ2) is 4.56. The number of carbonyl (C=O) groups is 1. The summed E-state index contributed by atoms with van der Waals surface area (Å²) < 4.78 is 0. The lowest BCUT2D eigenvalue weighted by molar-refractivity contribution is 0.0780. The fourth-order valence-corrected chi connectivity index (χ4v) is 2.03. The molecule has 0 N–H and O–H groups in total. The first-order valence-corrected chi connectivity index (χ1v) is 5.99. The zero-order valence-corrected chi connectivity index (χ0v) is 9.86. The Bertz CT molecular complexity index is 545. The van der Waals surface area contributed by atoms with Gasteiger partial charge in [-0.15, -0.1) is 15.0 Å². The van der Waals surface area contributed by atoms with Crippen molar-refractivity contribution in [1.29, 1.82) is 0 Å². The van der Waals surface area contributed by atoms with Crippen molar-refractivity contribution in [3.8, 4) is 5.69 Å². The molecule has 1 aromatic heterocycles. The van der Waals surface area contributed by atoms with E-state index in [1.54, 1.807) is 4.90 Å². The molecule has 3 rings (SSSR count). The summed E-state index contributed by atoms with van der Waals surface area (Å²) in [6.45, 7) is 1.58. The molecule has 1 aliphatic heterocycles. The first-order chi connectivity index (χ1) is 8.84. The van der Waals surface area contributed by atoms with Crippen LogP contribution in [0.3, 0.4) is 0 Å². The number of rotatable bonds is 2. The third kappa shape index (κ3) is 1.97. The molecule has 18 heavy (non-hydrogen) atoms. The quantitative estimate of drug-likeness (QED) is 0.786. The maximum absolute atomic E-state index is 12.0. The number of likely N-dealkylation sites (tertiary alicyclic amines) is 1. The summed E-state index contributed by atoms with van der Waals surface area (Å²) in [6, 6.07) is 9.43. The van der Waals surface area contributed by atoms with Crippen molar-refractivity contribution in [2.24, 2.45) is 0 Å². The van der Waals surface area contributed by atoms with Gasteiger partial charge in [0.25, 0.3) is 11.7 Å². The minimum atomic E-state index is -0.130. The van der Waals surface area contributed by atoms with Crippen molar-refractivity contribution >= 4 is 5.91 Å². The summed E-state index contributed by atoms with van der Waals surface area (Å²) in [4.78, 5) is 15.2. The van der Waals surface area contributed by atoms with Crippen LogP contribution in [0, 0.1) is 0 Å². The van der Waals surface area contributed by atoms with Gasteiger partial charge in [-0.25, -0.2) is 0 Å². The Balaban J connectivity index is 1.83. The number of para-hydroxylation sites is 1. The predicted octanol–water partition coefficient (Wildman–Crippen LogP) is 0.898. The Morgan fingerprint density at radius 2 is 1.83 bits per heavy atom. The molecule has 0 atom stereocenters. The lowest BCUT2D eigenvalue weighted by Gasteiger charge is -2.11. The highest BCUT2D eigenvalue weighted by atomic mass is 16.2. The highest BCUT2D eigenvalue weighted by molar-refractivity contribution is 5.90. The Morgan fingerprint density at radius 1 is 1.11 bits per heavy atom. The van der Waals surface area contributed by atoms with Gasteiger partial charge in [0, 0.05) is 13.1 Å². The van der Waals surface area contributed by atoms with E-state index >= 15 is 0 Å². The summed E-state index contributed by atoms with van der Waals surface area (Å²) in [6.07, 6.45) is 2.11. The second-order valence-corrected chi connectivity index (χ2v) is 4.24. The topological polar surface area (TPSA) is 63.9 Å². The van der Waals surface area contributed by atoms with Crippen LogP contribution in [0.25, 0.3) is 5.69 Å². The van der Waals surface area contributed by atoms with Crippen molar-refractivity contribution in [2.75, 3.05) is 13.1 Å². The molecule has 1 aromatic carbocycles. The Morgan fingerprint density at radius 3 is 2.56 bits per heavy atom. The van der Waals surface area contributed by atoms with Crippen LogP contribution in [0.15, 0.2) is 30.3 Å². The minimum absolute atomic E-state index is 0.130. The normalized spacial score (nSPS) is 15.0. The highest BCUT2D eigenvalue weighted by Gasteiger charge is 2.23. The zero-order valence-electron chi connectivity index (χ0n) is 9.86. The smallest absolute Gasteiger partial charge is 0.295 e. The molecule has 0 spiro atoms. The van der Waals surface area contributed by atoms with Crippen LogP contribution in [-0.4, -0.2) is 44.1 Å². The molecule has 0 unspecified atom stereocenters. The maximum atomic E-state index is 12.0. The van der Waals surface area contributed by atoms with Gasteiger partial charge in [0.05, 0.1) is 5.69 Å². The van der Waals surface area contributed by atoms with E-state index < -0.39 is 0 Å². The monoisotopic (exact) mass is 243 g/mol. The van der Waals surface area contributed by atoms with E-state index in [1.807, 2.05) is 30.3 Å². The predicted molar refractivity (Wildman–Crippen MR) is 64.3 cm³/mol. The summed E-state index contributed by atoms with van der Waals surface area (Å²) in [7, 11) is 0. The van der Waals surface area contributed by atoms with Crippen molar-refractivity contribution in [3.05, 3.63) is 36.2 Å². The number of benzene rings is 1. The molecule has 0 aliphatic carbocycles. The van der Waals surface area contributed by atoms with E-state index in [9.17, 15) is 4.79 Å². The lowest BCUT2D eigenvalue weighted by atomic mass is 10.3. The number of aromatic nitrogens is 4. The summed E-state index contributed by atoms with van der Waals surface area (Å²) in [5.74, 6) is 0.0374. The summed E-state index contributed by atoms with van der Waals surface area (Å²) in [5.41, 5.74) is 0.797. The average molecular weight is 243 g/mol. The lowest BCUT2D eigenvalue weighted by Crippen LogP contribution is -2.28. The van der Waals surface area contributed by atoms with Crippen LogP contribution in [0.2, 0.25) is 0 Å². The van der Waals surface area contributed by atoms with Gasteiger partial charge in [-0.2, -0.15) is 0 Å². The molecule has 6 nitrogen and oxygen atoms in total. The van der Waals surface area contributed by atoms with Crippen molar-refractivity contribution < 1.29 is 4.79 Å². The Kier molecular flexibility index (Phi) is 2.76. The van der Waals surface area contributed by atoms with Crippen molar-refractivity contribution in [3.63, 3.8) is 0 Å². The fourth-order valence-electron chi connectivity index (χ4n) is 2.03. The van der Waals surface area contributed by atoms with E-state index in [4.69, 9.17) is 0 Å². The molecule has 0 bridgehead atoms. The largest absolute Gasteiger partial charge is 0.336 e. The van der Waals surface area contributed by atoms with E-state index in [0.717, 1.165) is 31.6 Å². The Hall–Kier alpha value is -2.24. The molecule has 0 saturated carbocycles.